The van der Waals surface area contributed by atoms with Gasteiger partial charge in [0.05, 0.1) is 31.8 Å². The highest BCUT2D eigenvalue weighted by atomic mass is 32.2. The molecule has 7 aromatic rings. The van der Waals surface area contributed by atoms with Crippen molar-refractivity contribution in [3.63, 3.8) is 0 Å². The Morgan fingerprint density at radius 3 is 2.11 bits per heavy atom. The molecule has 2 heterocycles. The summed E-state index contributed by atoms with van der Waals surface area (Å²) in [5.74, 6) is -0.589. The molecule has 0 fully saturated rings. The first-order valence-electron chi connectivity index (χ1n) is 14.0. The van der Waals surface area contributed by atoms with E-state index >= 15 is 0 Å². The lowest BCUT2D eigenvalue weighted by atomic mass is 10.2. The third kappa shape index (κ3) is 6.09. The smallest absolute Gasteiger partial charge is 0.296 e. The van der Waals surface area contributed by atoms with E-state index in [-0.39, 0.29) is 27.8 Å². The predicted molar refractivity (Wildman–Crippen MR) is 183 cm³/mol. The number of benzene rings is 5. The van der Waals surface area contributed by atoms with Gasteiger partial charge < -0.3 is 10.2 Å². The molecule has 0 aliphatic rings. The highest BCUT2D eigenvalue weighted by Crippen LogP contribution is 2.44. The van der Waals surface area contributed by atoms with E-state index in [1.165, 1.54) is 34.8 Å². The molecule has 5 aromatic carbocycles. The number of phenols is 2. The maximum absolute atomic E-state index is 12.0. The molecule has 0 bridgehead atoms. The predicted octanol–water partition coefficient (Wildman–Crippen LogP) is 10.0. The minimum atomic E-state index is -4.41. The van der Waals surface area contributed by atoms with Crippen molar-refractivity contribution in [3.8, 4) is 32.6 Å². The number of aromatic hydroxyl groups is 2. The van der Waals surface area contributed by atoms with E-state index in [4.69, 9.17) is 4.98 Å². The number of azo groups is 2. The fraction of sp³-hybridized carbons (Fsp3) is 0.0303. The first-order valence-corrected chi connectivity index (χ1v) is 17.0. The number of aryl methyl sites for hydroxylation is 1. The Hall–Kier alpha value is -5.41. The van der Waals surface area contributed by atoms with Gasteiger partial charge in [-0.15, -0.1) is 32.9 Å². The second kappa shape index (κ2) is 12.1. The summed E-state index contributed by atoms with van der Waals surface area (Å²) in [4.78, 5) is 9.28. The van der Waals surface area contributed by atoms with Gasteiger partial charge in [0, 0.05) is 11.1 Å². The van der Waals surface area contributed by atoms with Crippen LogP contribution in [0.15, 0.2) is 122 Å². The van der Waals surface area contributed by atoms with Crippen LogP contribution in [0, 0.1) is 6.92 Å². The number of nitrogens with zero attached hydrogens (tertiary/aromatic N) is 6. The Morgan fingerprint density at radius 1 is 0.681 bits per heavy atom. The summed E-state index contributed by atoms with van der Waals surface area (Å²) in [5, 5.41) is 38.7. The van der Waals surface area contributed by atoms with E-state index < -0.39 is 10.1 Å². The number of thiazole rings is 2. The molecule has 14 heteroatoms. The van der Waals surface area contributed by atoms with E-state index in [1.807, 2.05) is 36.4 Å². The Labute approximate surface area is 275 Å². The van der Waals surface area contributed by atoms with Crippen molar-refractivity contribution in [2.75, 3.05) is 0 Å². The molecule has 0 aliphatic carbocycles. The molecule has 0 saturated carbocycles. The van der Waals surface area contributed by atoms with E-state index in [9.17, 15) is 23.2 Å². The highest BCUT2D eigenvalue weighted by Gasteiger charge is 2.21. The first kappa shape index (κ1) is 30.3. The minimum Gasteiger partial charge on any atom is -0.505 e. The topological polar surface area (TPSA) is 170 Å². The zero-order chi connectivity index (χ0) is 32.7. The van der Waals surface area contributed by atoms with Crippen molar-refractivity contribution in [3.05, 3.63) is 103 Å². The van der Waals surface area contributed by atoms with Gasteiger partial charge in [-0.2, -0.15) is 18.6 Å². The van der Waals surface area contributed by atoms with Crippen LogP contribution in [0.1, 0.15) is 5.56 Å². The molecule has 0 radical (unpaired) electrons. The molecule has 7 rings (SSSR count). The van der Waals surface area contributed by atoms with E-state index in [0.717, 1.165) is 26.4 Å². The Kier molecular flexibility index (Phi) is 7.77. The van der Waals surface area contributed by atoms with Gasteiger partial charge in [0.2, 0.25) is 0 Å². The lowest BCUT2D eigenvalue weighted by Crippen LogP contribution is -2.00. The summed E-state index contributed by atoms with van der Waals surface area (Å²) >= 11 is 2.71. The SMILES string of the molecule is Cc1ccc2nc(-c3ccc4nc(-c5ccc(N=Nc6ccc(O)c(N=Nc7ccccc7)c6O)cc5)sc4c3)sc2c1S(=O)(=O)O. The quantitative estimate of drug-likeness (QED) is 0.111. The average molecular weight is 679 g/mol. The highest BCUT2D eigenvalue weighted by molar-refractivity contribution is 7.86. The van der Waals surface area contributed by atoms with Gasteiger partial charge in [-0.05, 0) is 85.3 Å². The van der Waals surface area contributed by atoms with Crippen LogP contribution in [-0.4, -0.2) is 33.2 Å². The van der Waals surface area contributed by atoms with Crippen LogP contribution in [0.5, 0.6) is 11.5 Å². The molecule has 0 amide bonds. The molecule has 0 saturated heterocycles. The number of fused-ring (bicyclic) bond motifs is 2. The van der Waals surface area contributed by atoms with Crippen LogP contribution in [0.3, 0.4) is 0 Å². The fourth-order valence-corrected chi connectivity index (χ4v) is 8.13. The minimum absolute atomic E-state index is 0.110. The zero-order valence-electron chi connectivity index (χ0n) is 24.3. The summed E-state index contributed by atoms with van der Waals surface area (Å²) in [6.45, 7) is 1.64. The molecule has 0 atom stereocenters. The van der Waals surface area contributed by atoms with Gasteiger partial charge in [-0.25, -0.2) is 9.97 Å². The van der Waals surface area contributed by atoms with Gasteiger partial charge in [-0.3, -0.25) is 4.55 Å². The van der Waals surface area contributed by atoms with E-state index in [1.54, 1.807) is 55.5 Å². The summed E-state index contributed by atoms with van der Waals surface area (Å²) in [5.41, 5.74) is 4.55. The summed E-state index contributed by atoms with van der Waals surface area (Å²) in [7, 11) is -4.41. The van der Waals surface area contributed by atoms with Gasteiger partial charge >= 0.3 is 0 Å². The molecule has 0 spiro atoms. The van der Waals surface area contributed by atoms with Crippen molar-refractivity contribution in [1.82, 2.24) is 9.97 Å². The van der Waals surface area contributed by atoms with E-state index in [0.29, 0.717) is 32.2 Å². The van der Waals surface area contributed by atoms with Crippen LogP contribution >= 0.6 is 22.7 Å². The van der Waals surface area contributed by atoms with Crippen molar-refractivity contribution >= 4 is 76.0 Å². The standard InChI is InChI=1S/C33H22N6O5S3/c1-18-7-13-25-30(31(18)47(42,43)44)46-33(35-25)20-10-14-23-27(17-20)45-32(34-23)19-8-11-22(12-9-19)36-38-24-15-16-26(40)28(29(24)41)39-37-21-5-3-2-4-6-21/h2-17,40-41H,1H3,(H,42,43,44). The summed E-state index contributed by atoms with van der Waals surface area (Å²) in [6.07, 6.45) is 0. The Morgan fingerprint density at radius 2 is 1.34 bits per heavy atom. The maximum atomic E-state index is 12.0. The second-order valence-electron chi connectivity index (χ2n) is 10.3. The van der Waals surface area contributed by atoms with Crippen molar-refractivity contribution in [2.45, 2.75) is 11.8 Å². The third-order valence-electron chi connectivity index (χ3n) is 7.12. The molecule has 11 nitrogen and oxygen atoms in total. The van der Waals surface area contributed by atoms with Crippen molar-refractivity contribution in [1.29, 1.82) is 0 Å². The fourth-order valence-electron chi connectivity index (χ4n) is 4.81. The zero-order valence-corrected chi connectivity index (χ0v) is 26.8. The van der Waals surface area contributed by atoms with Gasteiger partial charge in [0.1, 0.15) is 26.3 Å². The van der Waals surface area contributed by atoms with Gasteiger partial charge in [0.25, 0.3) is 10.1 Å². The van der Waals surface area contributed by atoms with Crippen molar-refractivity contribution < 1.29 is 23.2 Å². The monoisotopic (exact) mass is 678 g/mol. The van der Waals surface area contributed by atoms with Crippen LogP contribution < -0.4 is 0 Å². The Bertz CT molecular complexity index is 2480. The lowest BCUT2D eigenvalue weighted by molar-refractivity contribution is 0.453. The number of hydrogen-bond donors (Lipinski definition) is 3. The third-order valence-corrected chi connectivity index (χ3v) is 10.5. The van der Waals surface area contributed by atoms with Gasteiger partial charge in [0.15, 0.2) is 11.4 Å². The number of phenolic OH excluding ortho intramolecular Hbond substituents is 2. The largest absolute Gasteiger partial charge is 0.505 e. The number of rotatable bonds is 7. The normalized spacial score (nSPS) is 12.2. The maximum Gasteiger partial charge on any atom is 0.296 e. The molecule has 0 unspecified atom stereocenters. The van der Waals surface area contributed by atoms with Gasteiger partial charge in [-0.1, -0.05) is 24.3 Å². The summed E-state index contributed by atoms with van der Waals surface area (Å²) < 4.78 is 35.2. The molecule has 47 heavy (non-hydrogen) atoms. The van der Waals surface area contributed by atoms with E-state index in [2.05, 4.69) is 25.4 Å². The summed E-state index contributed by atoms with van der Waals surface area (Å²) in [6, 6.07) is 28.2. The molecular formula is C33H22N6O5S3. The molecule has 2 aromatic heterocycles. The molecular weight excluding hydrogens is 657 g/mol. The first-order chi connectivity index (χ1) is 22.6. The van der Waals surface area contributed by atoms with Crippen LogP contribution in [0.2, 0.25) is 0 Å². The van der Waals surface area contributed by atoms with Crippen LogP contribution in [0.4, 0.5) is 22.7 Å². The van der Waals surface area contributed by atoms with Crippen molar-refractivity contribution in [2.24, 2.45) is 20.5 Å². The molecule has 232 valence electrons. The Balaban J connectivity index is 1.12. The molecule has 0 aliphatic heterocycles. The molecule has 3 N–H and O–H groups in total. The van der Waals surface area contributed by atoms with Crippen LogP contribution in [-0.2, 0) is 10.1 Å². The number of aromatic nitrogens is 2. The lowest BCUT2D eigenvalue weighted by Gasteiger charge is -2.04. The van der Waals surface area contributed by atoms with Crippen LogP contribution in [0.25, 0.3) is 41.6 Å². The average Bonchev–Trinajstić information content (AvgIpc) is 3.68. The second-order valence-corrected chi connectivity index (χ2v) is 13.7. The number of hydrogen-bond acceptors (Lipinski definition) is 12.